The van der Waals surface area contributed by atoms with Crippen molar-refractivity contribution in [1.29, 1.82) is 0 Å². The van der Waals surface area contributed by atoms with Gasteiger partial charge in [-0.1, -0.05) is 25.3 Å². The van der Waals surface area contributed by atoms with Crippen LogP contribution in [0.3, 0.4) is 0 Å². The van der Waals surface area contributed by atoms with E-state index < -0.39 is 5.60 Å². The van der Waals surface area contributed by atoms with Gasteiger partial charge in [-0.25, -0.2) is 0 Å². The van der Waals surface area contributed by atoms with Gasteiger partial charge in [-0.2, -0.15) is 0 Å². The van der Waals surface area contributed by atoms with Gasteiger partial charge in [0, 0.05) is 38.3 Å². The second-order valence-electron chi connectivity index (χ2n) is 6.90. The van der Waals surface area contributed by atoms with Crippen LogP contribution in [-0.2, 0) is 0 Å². The number of aliphatic hydroxyl groups is 1. The molecule has 1 heterocycles. The van der Waals surface area contributed by atoms with Crippen LogP contribution in [0.4, 0.5) is 0 Å². The largest absolute Gasteiger partial charge is 0.508 e. The lowest BCUT2D eigenvalue weighted by atomic mass is 9.84. The fraction of sp³-hybridized carbons (Fsp3) is 0.611. The Hall–Kier alpha value is -1.59. The Morgan fingerprint density at radius 2 is 1.78 bits per heavy atom. The molecule has 1 aromatic rings. The first-order valence-electron chi connectivity index (χ1n) is 8.59. The third-order valence-electron chi connectivity index (χ3n) is 5.05. The zero-order valence-electron chi connectivity index (χ0n) is 13.6. The summed E-state index contributed by atoms with van der Waals surface area (Å²) in [6, 6.07) is 6.51. The van der Waals surface area contributed by atoms with Gasteiger partial charge in [0.1, 0.15) is 5.75 Å². The molecule has 2 aliphatic rings. The molecular formula is C18H26N2O3. The standard InChI is InChI=1S/C18H26N2O3/c21-16-6-4-5-15(13-16)17(22)20-11-9-19(10-12-20)14-18(23)7-2-1-3-8-18/h4-6,13,21,23H,1-3,7-12,14H2. The first-order chi connectivity index (χ1) is 11.1. The number of β-amino-alcohol motifs (C(OH)–C–C–N with tert-alkyl or cyclic N) is 1. The van der Waals surface area contributed by atoms with Gasteiger partial charge in [0.05, 0.1) is 5.60 Å². The van der Waals surface area contributed by atoms with Crippen molar-refractivity contribution < 1.29 is 15.0 Å². The van der Waals surface area contributed by atoms with E-state index >= 15 is 0 Å². The van der Waals surface area contributed by atoms with Crippen molar-refractivity contribution in [3.63, 3.8) is 0 Å². The molecule has 2 N–H and O–H groups in total. The summed E-state index contributed by atoms with van der Waals surface area (Å²) < 4.78 is 0. The highest BCUT2D eigenvalue weighted by molar-refractivity contribution is 5.94. The highest BCUT2D eigenvalue weighted by Crippen LogP contribution is 2.29. The Balaban J connectivity index is 1.53. The van der Waals surface area contributed by atoms with Crippen LogP contribution >= 0.6 is 0 Å². The molecule has 0 atom stereocenters. The molecule has 5 heteroatoms. The maximum atomic E-state index is 12.5. The molecule has 0 radical (unpaired) electrons. The van der Waals surface area contributed by atoms with Crippen LogP contribution in [-0.4, -0.2) is 64.2 Å². The van der Waals surface area contributed by atoms with Crippen molar-refractivity contribution in [2.45, 2.75) is 37.7 Å². The van der Waals surface area contributed by atoms with Crippen LogP contribution in [0.5, 0.6) is 5.75 Å². The normalized spacial score (nSPS) is 22.0. The number of carbonyl (C=O) groups is 1. The highest BCUT2D eigenvalue weighted by atomic mass is 16.3. The smallest absolute Gasteiger partial charge is 0.254 e. The van der Waals surface area contributed by atoms with Crippen molar-refractivity contribution in [2.75, 3.05) is 32.7 Å². The van der Waals surface area contributed by atoms with Gasteiger partial charge in [-0.15, -0.1) is 0 Å². The number of piperazine rings is 1. The lowest BCUT2D eigenvalue weighted by molar-refractivity contribution is -0.0339. The number of aromatic hydroxyl groups is 1. The van der Waals surface area contributed by atoms with E-state index in [9.17, 15) is 15.0 Å². The number of phenols is 1. The molecule has 0 aromatic heterocycles. The van der Waals surface area contributed by atoms with E-state index in [1.54, 1.807) is 18.2 Å². The summed E-state index contributed by atoms with van der Waals surface area (Å²) >= 11 is 0. The molecule has 0 spiro atoms. The minimum atomic E-state index is -0.532. The lowest BCUT2D eigenvalue weighted by Gasteiger charge is -2.41. The second-order valence-corrected chi connectivity index (χ2v) is 6.90. The molecule has 23 heavy (non-hydrogen) atoms. The summed E-state index contributed by atoms with van der Waals surface area (Å²) in [5.74, 6) is 0.0888. The molecule has 1 aliphatic heterocycles. The third-order valence-corrected chi connectivity index (χ3v) is 5.05. The summed E-state index contributed by atoms with van der Waals surface area (Å²) in [7, 11) is 0. The van der Waals surface area contributed by atoms with Crippen molar-refractivity contribution in [3.8, 4) is 5.75 Å². The summed E-state index contributed by atoms with van der Waals surface area (Å²) in [6.07, 6.45) is 5.26. The van der Waals surface area contributed by atoms with Crippen molar-refractivity contribution >= 4 is 5.91 Å². The topological polar surface area (TPSA) is 64.0 Å². The number of rotatable bonds is 3. The quantitative estimate of drug-likeness (QED) is 0.893. The zero-order valence-corrected chi connectivity index (χ0v) is 13.6. The SMILES string of the molecule is O=C(c1cccc(O)c1)N1CCN(CC2(O)CCCCC2)CC1. The van der Waals surface area contributed by atoms with Gasteiger partial charge >= 0.3 is 0 Å². The number of hydrogen-bond donors (Lipinski definition) is 2. The van der Waals surface area contributed by atoms with E-state index in [0.29, 0.717) is 18.7 Å². The second kappa shape index (κ2) is 6.89. The van der Waals surface area contributed by atoms with Gasteiger partial charge in [0.25, 0.3) is 5.91 Å². The molecular weight excluding hydrogens is 292 g/mol. The predicted molar refractivity (Wildman–Crippen MR) is 88.5 cm³/mol. The molecule has 1 saturated carbocycles. The number of hydrogen-bond acceptors (Lipinski definition) is 4. The average Bonchev–Trinajstić information content (AvgIpc) is 2.55. The van der Waals surface area contributed by atoms with Crippen LogP contribution in [0.2, 0.25) is 0 Å². The monoisotopic (exact) mass is 318 g/mol. The number of carbonyl (C=O) groups excluding carboxylic acids is 1. The van der Waals surface area contributed by atoms with Gasteiger partial charge in [-0.3, -0.25) is 9.69 Å². The van der Waals surface area contributed by atoms with Crippen LogP contribution in [0, 0.1) is 0 Å². The molecule has 126 valence electrons. The van der Waals surface area contributed by atoms with Gasteiger partial charge in [0.15, 0.2) is 0 Å². The van der Waals surface area contributed by atoms with Gasteiger partial charge in [-0.05, 0) is 31.0 Å². The molecule has 3 rings (SSSR count). The van der Waals surface area contributed by atoms with Gasteiger partial charge < -0.3 is 15.1 Å². The molecule has 0 unspecified atom stereocenters. The summed E-state index contributed by atoms with van der Waals surface area (Å²) in [4.78, 5) is 16.6. The Kier molecular flexibility index (Phi) is 4.87. The molecule has 0 bridgehead atoms. The van der Waals surface area contributed by atoms with Crippen LogP contribution in [0.15, 0.2) is 24.3 Å². The van der Waals surface area contributed by atoms with Crippen LogP contribution < -0.4 is 0 Å². The molecule has 5 nitrogen and oxygen atoms in total. The Morgan fingerprint density at radius 3 is 2.43 bits per heavy atom. The van der Waals surface area contributed by atoms with Crippen molar-refractivity contribution in [1.82, 2.24) is 9.80 Å². The summed E-state index contributed by atoms with van der Waals surface area (Å²) in [5, 5.41) is 20.2. The number of phenolic OH excluding ortho intramolecular Hbond substituents is 1. The van der Waals surface area contributed by atoms with E-state index in [4.69, 9.17) is 0 Å². The maximum Gasteiger partial charge on any atom is 0.254 e. The summed E-state index contributed by atoms with van der Waals surface area (Å²) in [6.45, 7) is 3.66. The van der Waals surface area contributed by atoms with E-state index in [1.807, 2.05) is 4.90 Å². The fourth-order valence-electron chi connectivity index (χ4n) is 3.71. The van der Waals surface area contributed by atoms with E-state index in [1.165, 1.54) is 12.5 Å². The Bertz CT molecular complexity index is 547. The molecule has 1 saturated heterocycles. The van der Waals surface area contributed by atoms with E-state index in [2.05, 4.69) is 4.90 Å². The Labute approximate surface area is 137 Å². The number of amides is 1. The fourth-order valence-corrected chi connectivity index (χ4v) is 3.71. The third kappa shape index (κ3) is 4.03. The lowest BCUT2D eigenvalue weighted by Crippen LogP contribution is -2.53. The highest BCUT2D eigenvalue weighted by Gasteiger charge is 2.33. The average molecular weight is 318 g/mol. The molecule has 2 fully saturated rings. The first-order valence-corrected chi connectivity index (χ1v) is 8.59. The minimum absolute atomic E-state index is 0.0306. The van der Waals surface area contributed by atoms with Gasteiger partial charge in [0.2, 0.25) is 0 Å². The van der Waals surface area contributed by atoms with Crippen molar-refractivity contribution in [3.05, 3.63) is 29.8 Å². The Morgan fingerprint density at radius 1 is 1.09 bits per heavy atom. The predicted octanol–water partition coefficient (Wildman–Crippen LogP) is 1.85. The van der Waals surface area contributed by atoms with Crippen molar-refractivity contribution in [2.24, 2.45) is 0 Å². The van der Waals surface area contributed by atoms with E-state index in [-0.39, 0.29) is 11.7 Å². The maximum absolute atomic E-state index is 12.5. The summed E-state index contributed by atoms with van der Waals surface area (Å²) in [5.41, 5.74) is -0.000281. The first kappa shape index (κ1) is 16.3. The molecule has 1 aliphatic carbocycles. The molecule has 1 aromatic carbocycles. The minimum Gasteiger partial charge on any atom is -0.508 e. The zero-order chi connectivity index (χ0) is 16.3. The number of benzene rings is 1. The van der Waals surface area contributed by atoms with Crippen LogP contribution in [0.1, 0.15) is 42.5 Å². The molecule has 1 amide bonds. The van der Waals surface area contributed by atoms with E-state index in [0.717, 1.165) is 45.3 Å². The number of nitrogens with zero attached hydrogens (tertiary/aromatic N) is 2. The van der Waals surface area contributed by atoms with Crippen LogP contribution in [0.25, 0.3) is 0 Å².